The van der Waals surface area contributed by atoms with Gasteiger partial charge in [-0.05, 0) is 17.7 Å². The van der Waals surface area contributed by atoms with Crippen LogP contribution in [0.15, 0.2) is 54.6 Å². The molecular formula is C16H13ClFN5S. The van der Waals surface area contributed by atoms with E-state index in [-0.39, 0.29) is 5.82 Å². The second kappa shape index (κ2) is 7.55. The zero-order valence-electron chi connectivity index (χ0n) is 12.6. The van der Waals surface area contributed by atoms with E-state index < -0.39 is 0 Å². The third kappa shape index (κ3) is 3.63. The average Bonchev–Trinajstić information content (AvgIpc) is 2.98. The van der Waals surface area contributed by atoms with Crippen LogP contribution >= 0.6 is 23.4 Å². The second-order valence-electron chi connectivity index (χ2n) is 4.82. The summed E-state index contributed by atoms with van der Waals surface area (Å²) in [7, 11) is 0. The quantitative estimate of drug-likeness (QED) is 0.490. The van der Waals surface area contributed by atoms with Crippen LogP contribution in [0.5, 0.6) is 0 Å². The third-order valence-corrected chi connectivity index (χ3v) is 4.56. The van der Waals surface area contributed by atoms with Gasteiger partial charge in [0.25, 0.3) is 0 Å². The van der Waals surface area contributed by atoms with Crippen molar-refractivity contribution >= 4 is 23.4 Å². The zero-order valence-corrected chi connectivity index (χ0v) is 14.1. The number of aromatic nitrogens is 5. The van der Waals surface area contributed by atoms with Crippen molar-refractivity contribution in [2.75, 3.05) is 0 Å². The maximum absolute atomic E-state index is 13.1. The lowest BCUT2D eigenvalue weighted by atomic mass is 10.2. The van der Waals surface area contributed by atoms with Crippen LogP contribution in [0.25, 0.3) is 11.5 Å². The van der Waals surface area contributed by atoms with E-state index in [1.165, 1.54) is 23.9 Å². The van der Waals surface area contributed by atoms with Gasteiger partial charge < -0.3 is 0 Å². The van der Waals surface area contributed by atoms with Crippen molar-refractivity contribution in [2.45, 2.75) is 17.5 Å². The van der Waals surface area contributed by atoms with Gasteiger partial charge in [-0.25, -0.2) is 9.37 Å². The maximum atomic E-state index is 13.1. The fourth-order valence-corrected chi connectivity index (χ4v) is 3.34. The SMILES string of the molecule is C=CCn1c(SCc2ccc(F)cc2Cl)nnc1-c1cnccn1. The highest BCUT2D eigenvalue weighted by Gasteiger charge is 2.15. The summed E-state index contributed by atoms with van der Waals surface area (Å²) in [4.78, 5) is 8.31. The minimum Gasteiger partial charge on any atom is -0.297 e. The molecule has 0 aliphatic heterocycles. The number of thioether (sulfide) groups is 1. The van der Waals surface area contributed by atoms with Gasteiger partial charge in [-0.15, -0.1) is 16.8 Å². The number of nitrogens with zero attached hydrogens (tertiary/aromatic N) is 5. The molecule has 0 bridgehead atoms. The van der Waals surface area contributed by atoms with E-state index in [9.17, 15) is 4.39 Å². The molecule has 8 heteroatoms. The van der Waals surface area contributed by atoms with Crippen molar-refractivity contribution in [1.29, 1.82) is 0 Å². The number of hydrogen-bond acceptors (Lipinski definition) is 5. The first-order valence-electron chi connectivity index (χ1n) is 7.06. The molecule has 3 aromatic rings. The topological polar surface area (TPSA) is 56.5 Å². The van der Waals surface area contributed by atoms with E-state index in [4.69, 9.17) is 11.6 Å². The van der Waals surface area contributed by atoms with Gasteiger partial charge in [0.15, 0.2) is 11.0 Å². The molecule has 0 aliphatic rings. The third-order valence-electron chi connectivity index (χ3n) is 3.19. The largest absolute Gasteiger partial charge is 0.297 e. The normalized spacial score (nSPS) is 10.8. The number of halogens is 2. The second-order valence-corrected chi connectivity index (χ2v) is 6.17. The lowest BCUT2D eigenvalue weighted by Crippen LogP contribution is -2.02. The smallest absolute Gasteiger partial charge is 0.192 e. The fraction of sp³-hybridized carbons (Fsp3) is 0.125. The van der Waals surface area contributed by atoms with Crippen LogP contribution in [-0.2, 0) is 12.3 Å². The molecule has 122 valence electrons. The Morgan fingerprint density at radius 1 is 1.29 bits per heavy atom. The molecule has 0 unspecified atom stereocenters. The summed E-state index contributed by atoms with van der Waals surface area (Å²) >= 11 is 7.53. The minimum absolute atomic E-state index is 0.353. The average molecular weight is 362 g/mol. The van der Waals surface area contributed by atoms with E-state index in [1.807, 2.05) is 4.57 Å². The highest BCUT2D eigenvalue weighted by Crippen LogP contribution is 2.28. The molecule has 0 N–H and O–H groups in total. The van der Waals surface area contributed by atoms with E-state index in [2.05, 4.69) is 26.7 Å². The van der Waals surface area contributed by atoms with Crippen LogP contribution in [0.4, 0.5) is 4.39 Å². The summed E-state index contributed by atoms with van der Waals surface area (Å²) in [6.07, 6.45) is 6.60. The van der Waals surface area contributed by atoms with Gasteiger partial charge in [-0.1, -0.05) is 35.5 Å². The first kappa shape index (κ1) is 16.6. The Morgan fingerprint density at radius 2 is 2.17 bits per heavy atom. The number of benzene rings is 1. The number of allylic oxidation sites excluding steroid dienone is 1. The number of rotatable bonds is 6. The molecule has 0 saturated heterocycles. The molecule has 0 aliphatic carbocycles. The Kier molecular flexibility index (Phi) is 5.22. The Balaban J connectivity index is 1.85. The number of hydrogen-bond donors (Lipinski definition) is 0. The molecule has 1 aromatic carbocycles. The standard InChI is InChI=1S/C16H13ClFN5S/c1-2-7-23-15(14-9-19-5-6-20-14)21-22-16(23)24-10-11-3-4-12(18)8-13(11)17/h2-6,8-9H,1,7,10H2. The molecule has 5 nitrogen and oxygen atoms in total. The van der Waals surface area contributed by atoms with Gasteiger partial charge in [-0.3, -0.25) is 9.55 Å². The predicted molar refractivity (Wildman–Crippen MR) is 92.2 cm³/mol. The Morgan fingerprint density at radius 3 is 2.88 bits per heavy atom. The molecule has 0 amide bonds. The summed E-state index contributed by atoms with van der Waals surface area (Å²) < 4.78 is 15.0. The van der Waals surface area contributed by atoms with Gasteiger partial charge in [0.2, 0.25) is 0 Å². The van der Waals surface area contributed by atoms with Crippen molar-refractivity contribution in [3.8, 4) is 11.5 Å². The molecule has 0 atom stereocenters. The Hall–Kier alpha value is -2.25. The van der Waals surface area contributed by atoms with E-state index in [0.29, 0.717) is 34.0 Å². The van der Waals surface area contributed by atoms with Crippen LogP contribution in [0, 0.1) is 5.82 Å². The molecular weight excluding hydrogens is 349 g/mol. The van der Waals surface area contributed by atoms with Crippen molar-refractivity contribution in [3.63, 3.8) is 0 Å². The summed E-state index contributed by atoms with van der Waals surface area (Å²) in [6, 6.07) is 4.36. The predicted octanol–water partition coefficient (Wildman–Crippen LogP) is 4.01. The summed E-state index contributed by atoms with van der Waals surface area (Å²) in [5, 5.41) is 9.52. The van der Waals surface area contributed by atoms with Crippen LogP contribution < -0.4 is 0 Å². The van der Waals surface area contributed by atoms with Crippen molar-refractivity contribution in [2.24, 2.45) is 0 Å². The monoisotopic (exact) mass is 361 g/mol. The summed E-state index contributed by atoms with van der Waals surface area (Å²) in [5.41, 5.74) is 1.47. The lowest BCUT2D eigenvalue weighted by Gasteiger charge is -2.08. The van der Waals surface area contributed by atoms with Crippen LogP contribution in [0.2, 0.25) is 5.02 Å². The molecule has 0 saturated carbocycles. The van der Waals surface area contributed by atoms with Crippen LogP contribution in [0.3, 0.4) is 0 Å². The molecule has 0 radical (unpaired) electrons. The van der Waals surface area contributed by atoms with Crippen molar-refractivity contribution in [3.05, 3.63) is 65.8 Å². The minimum atomic E-state index is -0.353. The van der Waals surface area contributed by atoms with E-state index in [1.54, 1.807) is 30.7 Å². The Bertz CT molecular complexity index is 853. The first-order chi connectivity index (χ1) is 11.7. The molecule has 0 spiro atoms. The molecule has 24 heavy (non-hydrogen) atoms. The van der Waals surface area contributed by atoms with Gasteiger partial charge in [0, 0.05) is 29.7 Å². The molecule has 2 heterocycles. The highest BCUT2D eigenvalue weighted by molar-refractivity contribution is 7.98. The van der Waals surface area contributed by atoms with Crippen molar-refractivity contribution in [1.82, 2.24) is 24.7 Å². The van der Waals surface area contributed by atoms with Gasteiger partial charge >= 0.3 is 0 Å². The zero-order chi connectivity index (χ0) is 16.9. The summed E-state index contributed by atoms with van der Waals surface area (Å²) in [6.45, 7) is 4.31. The summed E-state index contributed by atoms with van der Waals surface area (Å²) in [5.74, 6) is 0.818. The Labute approximate surface area is 147 Å². The molecule has 3 rings (SSSR count). The maximum Gasteiger partial charge on any atom is 0.192 e. The van der Waals surface area contributed by atoms with Gasteiger partial charge in [0.05, 0.1) is 6.20 Å². The van der Waals surface area contributed by atoms with Gasteiger partial charge in [-0.2, -0.15) is 0 Å². The van der Waals surface area contributed by atoms with Crippen LogP contribution in [0.1, 0.15) is 5.56 Å². The van der Waals surface area contributed by atoms with Gasteiger partial charge in [0.1, 0.15) is 11.5 Å². The lowest BCUT2D eigenvalue weighted by molar-refractivity contribution is 0.627. The molecule has 2 aromatic heterocycles. The van der Waals surface area contributed by atoms with Crippen molar-refractivity contribution < 1.29 is 4.39 Å². The highest BCUT2D eigenvalue weighted by atomic mass is 35.5. The van der Waals surface area contributed by atoms with E-state index in [0.717, 1.165) is 5.56 Å². The molecule has 0 fully saturated rings. The fourth-order valence-electron chi connectivity index (χ4n) is 2.07. The first-order valence-corrected chi connectivity index (χ1v) is 8.42. The van der Waals surface area contributed by atoms with Crippen LogP contribution in [-0.4, -0.2) is 24.7 Å². The van der Waals surface area contributed by atoms with E-state index >= 15 is 0 Å².